The molecule has 2 heteroatoms. The van der Waals surface area contributed by atoms with Crippen molar-refractivity contribution in [3.8, 4) is 0 Å². The fraction of sp³-hybridized carbons (Fsp3) is 1.00. The molecule has 0 amide bonds. The highest BCUT2D eigenvalue weighted by Gasteiger charge is 2.35. The van der Waals surface area contributed by atoms with Gasteiger partial charge in [-0.25, -0.2) is 0 Å². The van der Waals surface area contributed by atoms with Crippen LogP contribution in [0.15, 0.2) is 0 Å². The monoisotopic (exact) mass is 250 g/mol. The minimum atomic E-state index is 0.808. The van der Waals surface area contributed by atoms with E-state index in [4.69, 9.17) is 0 Å². The van der Waals surface area contributed by atoms with Crippen molar-refractivity contribution >= 4 is 0 Å². The van der Waals surface area contributed by atoms with Crippen molar-refractivity contribution in [2.45, 2.75) is 70.4 Å². The van der Waals surface area contributed by atoms with Crippen LogP contribution in [-0.4, -0.2) is 36.6 Å². The lowest BCUT2D eigenvalue weighted by molar-refractivity contribution is 0.134. The molecule has 3 unspecified atom stereocenters. The minimum Gasteiger partial charge on any atom is -0.312 e. The highest BCUT2D eigenvalue weighted by atomic mass is 15.2. The maximum Gasteiger partial charge on any atom is 0.0223 e. The lowest BCUT2D eigenvalue weighted by atomic mass is 9.94. The number of nitrogens with one attached hydrogen (secondary N) is 1. The summed E-state index contributed by atoms with van der Waals surface area (Å²) in [6.45, 7) is 6.42. The zero-order valence-corrected chi connectivity index (χ0v) is 12.0. The summed E-state index contributed by atoms with van der Waals surface area (Å²) in [4.78, 5) is 2.86. The molecule has 3 aliphatic rings. The van der Waals surface area contributed by atoms with Crippen molar-refractivity contribution in [2.75, 3.05) is 19.6 Å². The fourth-order valence-electron chi connectivity index (χ4n) is 4.11. The van der Waals surface area contributed by atoms with Crippen LogP contribution in [0.5, 0.6) is 0 Å². The van der Waals surface area contributed by atoms with Gasteiger partial charge in [0.05, 0.1) is 0 Å². The van der Waals surface area contributed by atoms with E-state index in [0.717, 1.165) is 23.9 Å². The summed E-state index contributed by atoms with van der Waals surface area (Å²) in [6, 6.07) is 1.69. The minimum absolute atomic E-state index is 0.808. The highest BCUT2D eigenvalue weighted by molar-refractivity contribution is 4.92. The first-order valence-electron chi connectivity index (χ1n) is 8.32. The molecule has 3 fully saturated rings. The topological polar surface area (TPSA) is 15.3 Å². The molecule has 1 heterocycles. The summed E-state index contributed by atoms with van der Waals surface area (Å²) < 4.78 is 0. The van der Waals surface area contributed by atoms with Gasteiger partial charge >= 0.3 is 0 Å². The Morgan fingerprint density at radius 1 is 0.944 bits per heavy atom. The summed E-state index contributed by atoms with van der Waals surface area (Å²) in [6.07, 6.45) is 11.6. The van der Waals surface area contributed by atoms with Gasteiger partial charge in [0.25, 0.3) is 0 Å². The Hall–Kier alpha value is -0.0800. The number of hydrogen-bond acceptors (Lipinski definition) is 2. The lowest BCUT2D eigenvalue weighted by Gasteiger charge is -2.35. The molecule has 104 valence electrons. The second kappa shape index (κ2) is 5.92. The molecule has 0 aromatic heterocycles. The van der Waals surface area contributed by atoms with Crippen molar-refractivity contribution < 1.29 is 0 Å². The number of nitrogens with zero attached hydrogens (tertiary/aromatic N) is 1. The van der Waals surface area contributed by atoms with Gasteiger partial charge in [-0.05, 0) is 57.0 Å². The maximum absolute atomic E-state index is 3.80. The molecule has 18 heavy (non-hydrogen) atoms. The quantitative estimate of drug-likeness (QED) is 0.758. The van der Waals surface area contributed by atoms with E-state index in [-0.39, 0.29) is 0 Å². The Labute approximate surface area is 113 Å². The molecule has 0 bridgehead atoms. The van der Waals surface area contributed by atoms with Gasteiger partial charge in [-0.15, -0.1) is 0 Å². The molecule has 0 radical (unpaired) electrons. The fourth-order valence-corrected chi connectivity index (χ4v) is 4.11. The summed E-state index contributed by atoms with van der Waals surface area (Å²) >= 11 is 0. The van der Waals surface area contributed by atoms with Crippen molar-refractivity contribution in [1.29, 1.82) is 0 Å². The van der Waals surface area contributed by atoms with Gasteiger partial charge in [-0.3, -0.25) is 4.90 Å². The first-order valence-corrected chi connectivity index (χ1v) is 8.32. The van der Waals surface area contributed by atoms with Gasteiger partial charge in [0.1, 0.15) is 0 Å². The predicted octanol–water partition coefficient (Wildman–Crippen LogP) is 3.03. The molecular formula is C16H30N2. The third-order valence-electron chi connectivity index (χ3n) is 5.44. The van der Waals surface area contributed by atoms with Crippen LogP contribution < -0.4 is 5.32 Å². The van der Waals surface area contributed by atoms with E-state index >= 15 is 0 Å². The Bertz CT molecular complexity index is 262. The van der Waals surface area contributed by atoms with Crippen molar-refractivity contribution in [3.05, 3.63) is 0 Å². The summed E-state index contributed by atoms with van der Waals surface area (Å²) in [5.41, 5.74) is 0. The smallest absolute Gasteiger partial charge is 0.0223 e. The molecule has 1 N–H and O–H groups in total. The van der Waals surface area contributed by atoms with Crippen LogP contribution in [0.1, 0.15) is 58.3 Å². The largest absolute Gasteiger partial charge is 0.312 e. The molecule has 0 spiro atoms. The average molecular weight is 250 g/mol. The third kappa shape index (κ3) is 3.08. The molecular weight excluding hydrogens is 220 g/mol. The van der Waals surface area contributed by atoms with Crippen LogP contribution in [0, 0.1) is 11.8 Å². The molecule has 0 aromatic rings. The van der Waals surface area contributed by atoms with E-state index in [2.05, 4.69) is 17.1 Å². The Kier molecular flexibility index (Phi) is 4.25. The zero-order chi connectivity index (χ0) is 12.4. The molecule has 3 atom stereocenters. The molecule has 2 saturated carbocycles. The van der Waals surface area contributed by atoms with Gasteiger partial charge in [0.15, 0.2) is 0 Å². The SMILES string of the molecule is CC1CCCCCC1N1CCCNC(C2CC2)C1. The van der Waals surface area contributed by atoms with Crippen molar-refractivity contribution in [1.82, 2.24) is 10.2 Å². The van der Waals surface area contributed by atoms with Crippen LogP contribution in [0.4, 0.5) is 0 Å². The summed E-state index contributed by atoms with van der Waals surface area (Å²) in [7, 11) is 0. The standard InChI is InChI=1S/C16H30N2/c1-13-6-3-2-4-7-16(13)18-11-5-10-17-15(12-18)14-8-9-14/h13-17H,2-12H2,1H3. The van der Waals surface area contributed by atoms with Crippen LogP contribution >= 0.6 is 0 Å². The van der Waals surface area contributed by atoms with E-state index in [1.807, 2.05) is 0 Å². The highest BCUT2D eigenvalue weighted by Crippen LogP contribution is 2.35. The van der Waals surface area contributed by atoms with E-state index < -0.39 is 0 Å². The average Bonchev–Trinajstić information content (AvgIpc) is 3.18. The molecule has 3 rings (SSSR count). The summed E-state index contributed by atoms with van der Waals surface area (Å²) in [5, 5.41) is 3.80. The number of rotatable bonds is 2. The van der Waals surface area contributed by atoms with Crippen LogP contribution in [0.3, 0.4) is 0 Å². The van der Waals surface area contributed by atoms with E-state index in [1.54, 1.807) is 0 Å². The molecule has 0 aromatic carbocycles. The Balaban J connectivity index is 1.64. The van der Waals surface area contributed by atoms with Gasteiger partial charge < -0.3 is 5.32 Å². The normalized spacial score (nSPS) is 40.2. The summed E-state index contributed by atoms with van der Waals surface area (Å²) in [5.74, 6) is 1.93. The molecule has 1 saturated heterocycles. The third-order valence-corrected chi connectivity index (χ3v) is 5.44. The van der Waals surface area contributed by atoms with Crippen LogP contribution in [0.25, 0.3) is 0 Å². The zero-order valence-electron chi connectivity index (χ0n) is 12.0. The second-order valence-corrected chi connectivity index (χ2v) is 6.93. The molecule has 1 aliphatic heterocycles. The first-order chi connectivity index (χ1) is 8.84. The van der Waals surface area contributed by atoms with Gasteiger partial charge in [0, 0.05) is 18.6 Å². The van der Waals surface area contributed by atoms with E-state index in [0.29, 0.717) is 0 Å². The first kappa shape index (κ1) is 12.9. The maximum atomic E-state index is 3.80. The second-order valence-electron chi connectivity index (χ2n) is 6.93. The van der Waals surface area contributed by atoms with Gasteiger partial charge in [0.2, 0.25) is 0 Å². The van der Waals surface area contributed by atoms with Gasteiger partial charge in [-0.1, -0.05) is 26.2 Å². The number of hydrogen-bond donors (Lipinski definition) is 1. The van der Waals surface area contributed by atoms with E-state index in [9.17, 15) is 0 Å². The van der Waals surface area contributed by atoms with Crippen molar-refractivity contribution in [3.63, 3.8) is 0 Å². The predicted molar refractivity (Wildman–Crippen MR) is 76.7 cm³/mol. The Morgan fingerprint density at radius 3 is 2.61 bits per heavy atom. The Morgan fingerprint density at radius 2 is 1.78 bits per heavy atom. The van der Waals surface area contributed by atoms with Crippen LogP contribution in [0.2, 0.25) is 0 Å². The lowest BCUT2D eigenvalue weighted by Crippen LogP contribution is -2.45. The van der Waals surface area contributed by atoms with Gasteiger partial charge in [-0.2, -0.15) is 0 Å². The molecule has 2 aliphatic carbocycles. The molecule has 2 nitrogen and oxygen atoms in total. The van der Waals surface area contributed by atoms with Crippen molar-refractivity contribution in [2.24, 2.45) is 11.8 Å². The van der Waals surface area contributed by atoms with Crippen LogP contribution in [-0.2, 0) is 0 Å². The van der Waals surface area contributed by atoms with E-state index in [1.165, 1.54) is 71.0 Å².